The first-order valence-electron chi connectivity index (χ1n) is 13.5. The quantitative estimate of drug-likeness (QED) is 0.244. The number of aromatic nitrogens is 2. The summed E-state index contributed by atoms with van der Waals surface area (Å²) in [7, 11) is 2.96. The molecule has 11 nitrogen and oxygen atoms in total. The molecule has 2 amide bonds. The van der Waals surface area contributed by atoms with Crippen molar-refractivity contribution in [3.05, 3.63) is 123 Å². The molecule has 0 unspecified atom stereocenters. The average molecular weight is 583 g/mol. The number of nitrogens with zero attached hydrogens (tertiary/aromatic N) is 2. The van der Waals surface area contributed by atoms with Crippen LogP contribution in [0.25, 0.3) is 10.9 Å². The van der Waals surface area contributed by atoms with E-state index in [2.05, 4.69) is 10.6 Å². The summed E-state index contributed by atoms with van der Waals surface area (Å²) in [6.07, 6.45) is 2.08. The smallest absolute Gasteiger partial charge is 0.332 e. The average Bonchev–Trinajstić information content (AvgIpc) is 3.55. The van der Waals surface area contributed by atoms with E-state index in [1.807, 2.05) is 30.3 Å². The Morgan fingerprint density at radius 1 is 0.884 bits per heavy atom. The molecular weight excluding hydrogens is 552 g/mol. The first-order chi connectivity index (χ1) is 20.9. The molecule has 0 aliphatic rings. The number of benzene rings is 3. The van der Waals surface area contributed by atoms with E-state index in [1.165, 1.54) is 43.2 Å². The van der Waals surface area contributed by atoms with E-state index in [0.29, 0.717) is 35.9 Å². The van der Waals surface area contributed by atoms with Crippen molar-refractivity contribution in [3.63, 3.8) is 0 Å². The Balaban J connectivity index is 1.49. The molecule has 0 fully saturated rings. The van der Waals surface area contributed by atoms with Crippen LogP contribution >= 0.6 is 0 Å². The van der Waals surface area contributed by atoms with Gasteiger partial charge in [-0.3, -0.25) is 23.5 Å². The molecule has 0 atom stereocenters. The van der Waals surface area contributed by atoms with Crippen LogP contribution in [0, 0.1) is 0 Å². The number of carbonyl (C=O) groups is 2. The predicted octanol–water partition coefficient (Wildman–Crippen LogP) is 3.43. The van der Waals surface area contributed by atoms with Crippen molar-refractivity contribution in [2.75, 3.05) is 26.1 Å². The van der Waals surface area contributed by atoms with Gasteiger partial charge in [-0.1, -0.05) is 30.3 Å². The number of hydrogen-bond donors (Lipinski definition) is 2. The van der Waals surface area contributed by atoms with Gasteiger partial charge in [0.2, 0.25) is 5.91 Å². The number of nitrogens with one attached hydrogen (secondary N) is 2. The summed E-state index contributed by atoms with van der Waals surface area (Å²) in [5.74, 6) is 0.348. The van der Waals surface area contributed by atoms with Gasteiger partial charge in [0.05, 0.1) is 43.6 Å². The van der Waals surface area contributed by atoms with E-state index in [4.69, 9.17) is 13.9 Å². The van der Waals surface area contributed by atoms with Gasteiger partial charge in [0.1, 0.15) is 23.8 Å². The molecule has 5 rings (SSSR count). The van der Waals surface area contributed by atoms with Gasteiger partial charge in [-0.2, -0.15) is 0 Å². The molecular formula is C32H30N4O7. The molecule has 220 valence electrons. The van der Waals surface area contributed by atoms with Crippen molar-refractivity contribution in [1.29, 1.82) is 0 Å². The van der Waals surface area contributed by atoms with Gasteiger partial charge >= 0.3 is 5.69 Å². The number of carbonyl (C=O) groups excluding carboxylic acids is 2. The predicted molar refractivity (Wildman–Crippen MR) is 161 cm³/mol. The molecule has 2 N–H and O–H groups in total. The fourth-order valence-electron chi connectivity index (χ4n) is 4.72. The normalized spacial score (nSPS) is 10.8. The lowest BCUT2D eigenvalue weighted by Gasteiger charge is -2.16. The van der Waals surface area contributed by atoms with E-state index in [-0.39, 0.29) is 28.9 Å². The Kier molecular flexibility index (Phi) is 8.71. The highest BCUT2D eigenvalue weighted by atomic mass is 16.5. The highest BCUT2D eigenvalue weighted by Crippen LogP contribution is 2.29. The molecule has 2 heterocycles. The van der Waals surface area contributed by atoms with Crippen LogP contribution in [-0.2, 0) is 24.3 Å². The Morgan fingerprint density at radius 3 is 2.42 bits per heavy atom. The first-order valence-corrected chi connectivity index (χ1v) is 13.5. The third kappa shape index (κ3) is 6.51. The van der Waals surface area contributed by atoms with Gasteiger partial charge in [0.15, 0.2) is 0 Å². The standard InChI is InChI=1S/C32H30N4O7/c1-41-23-11-13-28(42-2)26(18-23)34-29(37)20-35-27-17-22(30(38)33-15-14-21-7-4-3-5-8-21)10-12-25(27)31(39)36(32(35)40)19-24-9-6-16-43-24/h3-13,16-18H,14-15,19-20H2,1-2H3,(H,33,38)(H,34,37). The van der Waals surface area contributed by atoms with E-state index >= 15 is 0 Å². The van der Waals surface area contributed by atoms with Gasteiger partial charge in [-0.05, 0) is 54.4 Å². The van der Waals surface area contributed by atoms with Crippen molar-refractivity contribution < 1.29 is 23.5 Å². The van der Waals surface area contributed by atoms with Crippen LogP contribution in [0.4, 0.5) is 5.69 Å². The number of anilines is 1. The van der Waals surface area contributed by atoms with Crippen molar-refractivity contribution in [3.8, 4) is 11.5 Å². The molecule has 2 aromatic heterocycles. The topological polar surface area (TPSA) is 134 Å². The first kappa shape index (κ1) is 28.9. The maximum Gasteiger partial charge on any atom is 0.332 e. The minimum absolute atomic E-state index is 0.131. The van der Waals surface area contributed by atoms with Crippen LogP contribution in [0.3, 0.4) is 0 Å². The lowest BCUT2D eigenvalue weighted by molar-refractivity contribution is -0.116. The maximum atomic E-state index is 13.7. The lowest BCUT2D eigenvalue weighted by atomic mass is 10.1. The van der Waals surface area contributed by atoms with E-state index in [9.17, 15) is 19.2 Å². The summed E-state index contributed by atoms with van der Waals surface area (Å²) < 4.78 is 18.1. The summed E-state index contributed by atoms with van der Waals surface area (Å²) in [6.45, 7) is -0.190. The van der Waals surface area contributed by atoms with Crippen molar-refractivity contribution in [1.82, 2.24) is 14.5 Å². The third-order valence-electron chi connectivity index (χ3n) is 6.91. The minimum Gasteiger partial charge on any atom is -0.497 e. The molecule has 0 spiro atoms. The number of methoxy groups -OCH3 is 2. The zero-order chi connectivity index (χ0) is 30.3. The van der Waals surface area contributed by atoms with Gasteiger partial charge in [-0.15, -0.1) is 0 Å². The number of rotatable bonds is 11. The highest BCUT2D eigenvalue weighted by Gasteiger charge is 2.19. The van der Waals surface area contributed by atoms with E-state index in [1.54, 1.807) is 30.3 Å². The molecule has 0 aliphatic carbocycles. The van der Waals surface area contributed by atoms with Crippen LogP contribution in [0.15, 0.2) is 99.1 Å². The SMILES string of the molecule is COc1ccc(OC)c(NC(=O)Cn2c(=O)n(Cc3ccco3)c(=O)c3ccc(C(=O)NCCc4ccccc4)cc32)c1. The van der Waals surface area contributed by atoms with Crippen LogP contribution < -0.4 is 31.4 Å². The second kappa shape index (κ2) is 12.9. The zero-order valence-corrected chi connectivity index (χ0v) is 23.7. The fraction of sp³-hybridized carbons (Fsp3) is 0.188. The van der Waals surface area contributed by atoms with Crippen LogP contribution in [0.1, 0.15) is 21.7 Å². The zero-order valence-electron chi connectivity index (χ0n) is 23.7. The number of furan rings is 1. The molecule has 0 radical (unpaired) electrons. The second-order valence-corrected chi connectivity index (χ2v) is 9.68. The van der Waals surface area contributed by atoms with E-state index in [0.717, 1.165) is 10.1 Å². The Hall–Kier alpha value is -5.58. The molecule has 0 aliphatic heterocycles. The van der Waals surface area contributed by atoms with Crippen molar-refractivity contribution in [2.24, 2.45) is 0 Å². The number of fused-ring (bicyclic) bond motifs is 1. The molecule has 11 heteroatoms. The summed E-state index contributed by atoms with van der Waals surface area (Å²) in [5.41, 5.74) is 0.500. The fourth-order valence-corrected chi connectivity index (χ4v) is 4.72. The maximum absolute atomic E-state index is 13.7. The van der Waals surface area contributed by atoms with Gasteiger partial charge < -0.3 is 24.5 Å². The lowest BCUT2D eigenvalue weighted by Crippen LogP contribution is -2.42. The summed E-state index contributed by atoms with van der Waals surface area (Å²) in [4.78, 5) is 53.5. The number of hydrogen-bond acceptors (Lipinski definition) is 7. The number of amides is 2. The van der Waals surface area contributed by atoms with Crippen LogP contribution in [0.2, 0.25) is 0 Å². The van der Waals surface area contributed by atoms with E-state index < -0.39 is 23.7 Å². The molecule has 0 bridgehead atoms. The van der Waals surface area contributed by atoms with Gasteiger partial charge in [0, 0.05) is 18.2 Å². The third-order valence-corrected chi connectivity index (χ3v) is 6.91. The molecule has 0 saturated carbocycles. The minimum atomic E-state index is -0.733. The Morgan fingerprint density at radius 2 is 1.70 bits per heavy atom. The molecule has 43 heavy (non-hydrogen) atoms. The van der Waals surface area contributed by atoms with Crippen LogP contribution in [-0.4, -0.2) is 41.7 Å². The molecule has 3 aromatic carbocycles. The number of ether oxygens (including phenoxy) is 2. The largest absolute Gasteiger partial charge is 0.497 e. The highest BCUT2D eigenvalue weighted by molar-refractivity contribution is 5.98. The molecule has 0 saturated heterocycles. The monoisotopic (exact) mass is 582 g/mol. The summed E-state index contributed by atoms with van der Waals surface area (Å²) in [6, 6.07) is 22.4. The van der Waals surface area contributed by atoms with Crippen LogP contribution in [0.5, 0.6) is 11.5 Å². The van der Waals surface area contributed by atoms with Crippen molar-refractivity contribution >= 4 is 28.4 Å². The van der Waals surface area contributed by atoms with Gasteiger partial charge in [-0.25, -0.2) is 4.79 Å². The van der Waals surface area contributed by atoms with Gasteiger partial charge in [0.25, 0.3) is 11.5 Å². The Bertz CT molecular complexity index is 1880. The second-order valence-electron chi connectivity index (χ2n) is 9.68. The Labute approximate surface area is 246 Å². The van der Waals surface area contributed by atoms with Crippen molar-refractivity contribution in [2.45, 2.75) is 19.5 Å². The summed E-state index contributed by atoms with van der Waals surface area (Å²) in [5, 5.41) is 5.79. The summed E-state index contributed by atoms with van der Waals surface area (Å²) >= 11 is 0. The molecule has 5 aromatic rings.